The van der Waals surface area contributed by atoms with Gasteiger partial charge in [-0.15, -0.1) is 5.10 Å². The zero-order chi connectivity index (χ0) is 28.2. The van der Waals surface area contributed by atoms with Gasteiger partial charge in [-0.25, -0.2) is 4.68 Å². The Morgan fingerprint density at radius 2 is 1.83 bits per heavy atom. The molecule has 0 radical (unpaired) electrons. The normalized spacial score (nSPS) is 12.7. The highest BCUT2D eigenvalue weighted by atomic mass is 16.6. The third-order valence-corrected chi connectivity index (χ3v) is 7.00. The van der Waals surface area contributed by atoms with Crippen LogP contribution in [-0.2, 0) is 26.1 Å². The topological polar surface area (TPSA) is 130 Å². The largest absolute Gasteiger partial charge is 0.493 e. The molecule has 5 aromatic rings. The lowest BCUT2D eigenvalue weighted by Gasteiger charge is -2.22. The van der Waals surface area contributed by atoms with Gasteiger partial charge < -0.3 is 28.3 Å². The monoisotopic (exact) mass is 558 g/mol. The van der Waals surface area contributed by atoms with E-state index in [0.29, 0.717) is 85.7 Å². The second-order valence-corrected chi connectivity index (χ2v) is 9.69. The summed E-state index contributed by atoms with van der Waals surface area (Å²) in [6, 6.07) is 15.2. The van der Waals surface area contributed by atoms with Crippen molar-refractivity contribution in [1.82, 2.24) is 30.1 Å². The van der Waals surface area contributed by atoms with Crippen molar-refractivity contribution in [3.63, 3.8) is 0 Å². The molecule has 0 spiro atoms. The molecular formula is C29H30N6O6. The summed E-state index contributed by atoms with van der Waals surface area (Å²) in [5, 5.41) is 13.2. The van der Waals surface area contributed by atoms with Crippen molar-refractivity contribution in [3.8, 4) is 23.0 Å². The summed E-state index contributed by atoms with van der Waals surface area (Å²) in [4.78, 5) is 18.4. The highest BCUT2D eigenvalue weighted by Crippen LogP contribution is 2.34. The molecule has 0 amide bonds. The zero-order valence-electron chi connectivity index (χ0n) is 22.8. The number of aromatic nitrogens is 5. The first-order chi connectivity index (χ1) is 20.1. The number of pyridine rings is 1. The smallest absolute Gasteiger partial charge is 0.252 e. The van der Waals surface area contributed by atoms with Crippen LogP contribution in [0.2, 0.25) is 0 Å². The molecule has 6 rings (SSSR count). The molecule has 1 aliphatic heterocycles. The van der Waals surface area contributed by atoms with Crippen LogP contribution < -0.4 is 24.5 Å². The Bertz CT molecular complexity index is 1700. The Labute approximate surface area is 235 Å². The molecule has 4 heterocycles. The lowest BCUT2D eigenvalue weighted by atomic mass is 10.1. The van der Waals surface area contributed by atoms with Gasteiger partial charge in [0.05, 0.1) is 32.5 Å². The van der Waals surface area contributed by atoms with Crippen LogP contribution in [0.25, 0.3) is 10.9 Å². The highest BCUT2D eigenvalue weighted by molar-refractivity contribution is 5.83. The number of aromatic amines is 1. The van der Waals surface area contributed by atoms with Gasteiger partial charge in [0, 0.05) is 30.1 Å². The lowest BCUT2D eigenvalue weighted by Crippen LogP contribution is -2.30. The summed E-state index contributed by atoms with van der Waals surface area (Å²) in [5.41, 5.74) is 2.22. The molecule has 41 heavy (non-hydrogen) atoms. The third-order valence-electron chi connectivity index (χ3n) is 7.00. The molecule has 0 fully saturated rings. The number of hydrogen-bond donors (Lipinski definition) is 1. The Hall–Kier alpha value is -4.84. The van der Waals surface area contributed by atoms with Crippen molar-refractivity contribution < 1.29 is 23.4 Å². The molecule has 0 atom stereocenters. The highest BCUT2D eigenvalue weighted by Gasteiger charge is 2.18. The first-order valence-corrected chi connectivity index (χ1v) is 13.3. The predicted molar refractivity (Wildman–Crippen MR) is 149 cm³/mol. The molecule has 1 N–H and O–H groups in total. The summed E-state index contributed by atoms with van der Waals surface area (Å²) in [6.07, 6.45) is 2.32. The summed E-state index contributed by atoms with van der Waals surface area (Å²) < 4.78 is 29.5. The quantitative estimate of drug-likeness (QED) is 0.258. The van der Waals surface area contributed by atoms with Crippen LogP contribution in [-0.4, -0.2) is 64.1 Å². The molecule has 1 aliphatic rings. The number of fused-ring (bicyclic) bond motifs is 2. The fourth-order valence-electron chi connectivity index (χ4n) is 4.89. The second kappa shape index (κ2) is 11.7. The Morgan fingerprint density at radius 3 is 2.61 bits per heavy atom. The first kappa shape index (κ1) is 26.4. The van der Waals surface area contributed by atoms with Gasteiger partial charge in [0.15, 0.2) is 28.8 Å². The Balaban J connectivity index is 1.28. The molecular weight excluding hydrogens is 528 g/mol. The molecule has 0 saturated heterocycles. The number of H-pyrrole nitrogens is 1. The van der Waals surface area contributed by atoms with E-state index in [1.54, 1.807) is 25.2 Å². The van der Waals surface area contributed by atoms with Crippen LogP contribution in [0.15, 0.2) is 64.0 Å². The van der Waals surface area contributed by atoms with Gasteiger partial charge in [0.1, 0.15) is 25.5 Å². The summed E-state index contributed by atoms with van der Waals surface area (Å²) >= 11 is 0. The van der Waals surface area contributed by atoms with E-state index in [1.165, 1.54) is 0 Å². The summed E-state index contributed by atoms with van der Waals surface area (Å²) in [5.74, 6) is 4.04. The molecule has 12 nitrogen and oxygen atoms in total. The number of methoxy groups -OCH3 is 2. The van der Waals surface area contributed by atoms with Crippen LogP contribution in [0.3, 0.4) is 0 Å². The molecule has 2 aromatic carbocycles. The molecule has 12 heteroatoms. The maximum atomic E-state index is 13.2. The van der Waals surface area contributed by atoms with Gasteiger partial charge in [0.25, 0.3) is 5.56 Å². The lowest BCUT2D eigenvalue weighted by molar-refractivity contribution is 0.172. The molecule has 0 bridgehead atoms. The number of benzene rings is 2. The number of tetrazole rings is 1. The fourth-order valence-corrected chi connectivity index (χ4v) is 4.89. The van der Waals surface area contributed by atoms with Crippen molar-refractivity contribution >= 4 is 10.9 Å². The van der Waals surface area contributed by atoms with Gasteiger partial charge in [0.2, 0.25) is 0 Å². The molecule has 3 aromatic heterocycles. The number of furan rings is 1. The third kappa shape index (κ3) is 5.87. The van der Waals surface area contributed by atoms with Crippen LogP contribution in [0.5, 0.6) is 23.0 Å². The van der Waals surface area contributed by atoms with Crippen molar-refractivity contribution in [2.24, 2.45) is 0 Å². The van der Waals surface area contributed by atoms with E-state index in [0.717, 1.165) is 16.7 Å². The van der Waals surface area contributed by atoms with Crippen molar-refractivity contribution in [3.05, 3.63) is 87.9 Å². The maximum absolute atomic E-state index is 13.2. The molecule has 0 saturated carbocycles. The Morgan fingerprint density at radius 1 is 1.00 bits per heavy atom. The van der Waals surface area contributed by atoms with Gasteiger partial charge in [-0.2, -0.15) is 0 Å². The average molecular weight is 559 g/mol. The minimum Gasteiger partial charge on any atom is -0.493 e. The van der Waals surface area contributed by atoms with Gasteiger partial charge >= 0.3 is 0 Å². The minimum absolute atomic E-state index is 0.166. The zero-order valence-corrected chi connectivity index (χ0v) is 22.8. The minimum atomic E-state index is -0.166. The van der Waals surface area contributed by atoms with E-state index < -0.39 is 0 Å². The fraction of sp³-hybridized carbons (Fsp3) is 0.310. The average Bonchev–Trinajstić information content (AvgIpc) is 3.67. The number of nitrogens with one attached hydrogen (secondary N) is 1. The van der Waals surface area contributed by atoms with Gasteiger partial charge in [-0.05, 0) is 58.8 Å². The first-order valence-electron chi connectivity index (χ1n) is 13.3. The van der Waals surface area contributed by atoms with Crippen LogP contribution >= 0.6 is 0 Å². The standard InChI is InChI=1S/C29H30N6O6/c1-37-24-6-5-19(12-25(24)38-2)7-8-34(18-28-31-32-33-35(28)17-22-4-3-9-39-22)16-21-13-20-14-26-27(41-11-10-40-26)15-23(20)30-29(21)36/h3-6,9,12-15H,7-8,10-11,16-18H2,1-2H3,(H,30,36). The van der Waals surface area contributed by atoms with E-state index in [4.69, 9.17) is 23.4 Å². The maximum Gasteiger partial charge on any atom is 0.252 e. The van der Waals surface area contributed by atoms with Crippen LogP contribution in [0, 0.1) is 0 Å². The number of ether oxygens (including phenoxy) is 4. The van der Waals surface area contributed by atoms with Crippen LogP contribution in [0.4, 0.5) is 0 Å². The van der Waals surface area contributed by atoms with E-state index in [9.17, 15) is 4.79 Å². The van der Waals surface area contributed by atoms with E-state index in [1.807, 2.05) is 48.5 Å². The van der Waals surface area contributed by atoms with Crippen LogP contribution in [0.1, 0.15) is 22.7 Å². The molecule has 0 aliphatic carbocycles. The number of nitrogens with zero attached hydrogens (tertiary/aromatic N) is 5. The van der Waals surface area contributed by atoms with E-state index >= 15 is 0 Å². The second-order valence-electron chi connectivity index (χ2n) is 9.69. The van der Waals surface area contributed by atoms with E-state index in [2.05, 4.69) is 25.4 Å². The number of rotatable bonds is 11. The van der Waals surface area contributed by atoms with Gasteiger partial charge in [-0.1, -0.05) is 6.07 Å². The summed E-state index contributed by atoms with van der Waals surface area (Å²) in [7, 11) is 3.23. The number of hydrogen-bond acceptors (Lipinski definition) is 10. The van der Waals surface area contributed by atoms with Crippen molar-refractivity contribution in [2.75, 3.05) is 34.0 Å². The molecule has 212 valence electrons. The SMILES string of the molecule is COc1ccc(CCN(Cc2cc3cc4c(cc3[nH]c2=O)OCCO4)Cc2nnnn2Cc2ccco2)cc1OC. The van der Waals surface area contributed by atoms with Crippen molar-refractivity contribution in [2.45, 2.75) is 26.1 Å². The van der Waals surface area contributed by atoms with Crippen molar-refractivity contribution in [1.29, 1.82) is 0 Å². The summed E-state index contributed by atoms with van der Waals surface area (Å²) in [6.45, 7) is 2.80. The molecule has 0 unspecified atom stereocenters. The van der Waals surface area contributed by atoms with E-state index in [-0.39, 0.29) is 5.56 Å². The predicted octanol–water partition coefficient (Wildman–Crippen LogP) is 3.19. The van der Waals surface area contributed by atoms with Gasteiger partial charge in [-0.3, -0.25) is 9.69 Å². The Kier molecular flexibility index (Phi) is 7.54.